The maximum atomic E-state index is 12.8. The van der Waals surface area contributed by atoms with E-state index in [0.29, 0.717) is 36.0 Å². The maximum Gasteiger partial charge on any atom is 0.178 e. The Balaban J connectivity index is 1.38. The molecule has 2 bridgehead atoms. The van der Waals surface area contributed by atoms with Gasteiger partial charge in [-0.3, -0.25) is 0 Å². The number of aromatic nitrogens is 1. The summed E-state index contributed by atoms with van der Waals surface area (Å²) in [5.74, 6) is 6.66. The summed E-state index contributed by atoms with van der Waals surface area (Å²) in [5.41, 5.74) is 2.79. The van der Waals surface area contributed by atoms with Crippen LogP contribution in [0.25, 0.3) is 0 Å². The molecule has 1 aliphatic carbocycles. The quantitative estimate of drug-likeness (QED) is 0.478. The third-order valence-corrected chi connectivity index (χ3v) is 9.35. The summed E-state index contributed by atoms with van der Waals surface area (Å²) in [6, 6.07) is 21.4. The number of aliphatic hydroxyl groups is 1. The normalized spacial score (nSPS) is 23.7. The average molecular weight is 501 g/mol. The summed E-state index contributed by atoms with van der Waals surface area (Å²) < 4.78 is 25.5. The number of hydrogen-bond acceptors (Lipinski definition) is 5. The Hall–Kier alpha value is -2.98. The SMILES string of the molecule is CC(CCS(=O)(=O)c1ccccc1)c1cnc(C#CC2(O)CNC3CC2C3)c(Cc2ccccc2)c1. The summed E-state index contributed by atoms with van der Waals surface area (Å²) in [5, 5.41) is 14.5. The Morgan fingerprint density at radius 3 is 2.47 bits per heavy atom. The van der Waals surface area contributed by atoms with Crippen LogP contribution in [0.1, 0.15) is 54.5 Å². The molecule has 1 saturated carbocycles. The lowest BCUT2D eigenvalue weighted by Crippen LogP contribution is -2.63. The van der Waals surface area contributed by atoms with E-state index in [-0.39, 0.29) is 17.6 Å². The van der Waals surface area contributed by atoms with E-state index in [1.54, 1.807) is 30.5 Å². The Labute approximate surface area is 213 Å². The largest absolute Gasteiger partial charge is 0.376 e. The molecule has 3 fully saturated rings. The van der Waals surface area contributed by atoms with E-state index in [2.05, 4.69) is 35.4 Å². The minimum atomic E-state index is -3.34. The van der Waals surface area contributed by atoms with Crippen LogP contribution in [-0.2, 0) is 16.3 Å². The lowest BCUT2D eigenvalue weighted by atomic mass is 9.66. The van der Waals surface area contributed by atoms with Crippen LogP contribution < -0.4 is 5.32 Å². The molecule has 6 rings (SSSR count). The van der Waals surface area contributed by atoms with Gasteiger partial charge in [0.1, 0.15) is 11.3 Å². The Bertz CT molecular complexity index is 1370. The summed E-state index contributed by atoms with van der Waals surface area (Å²) in [4.78, 5) is 5.06. The van der Waals surface area contributed by atoms with Gasteiger partial charge in [-0.2, -0.15) is 0 Å². The van der Waals surface area contributed by atoms with Crippen molar-refractivity contribution >= 4 is 9.84 Å². The van der Waals surface area contributed by atoms with Gasteiger partial charge in [-0.1, -0.05) is 67.4 Å². The molecule has 3 heterocycles. The number of rotatable bonds is 7. The second-order valence-electron chi connectivity index (χ2n) is 10.2. The second-order valence-corrected chi connectivity index (χ2v) is 12.3. The van der Waals surface area contributed by atoms with E-state index in [1.165, 1.54) is 0 Å². The highest BCUT2D eigenvalue weighted by Crippen LogP contribution is 2.40. The van der Waals surface area contributed by atoms with Crippen LogP contribution in [0.3, 0.4) is 0 Å². The minimum absolute atomic E-state index is 0.0196. The fourth-order valence-corrected chi connectivity index (χ4v) is 6.51. The van der Waals surface area contributed by atoms with Gasteiger partial charge in [0.2, 0.25) is 0 Å². The summed E-state index contributed by atoms with van der Waals surface area (Å²) in [6.07, 6.45) is 4.92. The molecule has 3 aliphatic rings. The zero-order valence-electron chi connectivity index (χ0n) is 20.5. The molecule has 0 spiro atoms. The molecule has 6 heteroatoms. The number of nitrogens with zero attached hydrogens (tertiary/aromatic N) is 1. The summed E-state index contributed by atoms with van der Waals surface area (Å²) in [6.45, 7) is 2.53. The monoisotopic (exact) mass is 500 g/mol. The van der Waals surface area contributed by atoms with Gasteiger partial charge in [-0.25, -0.2) is 13.4 Å². The van der Waals surface area contributed by atoms with Crippen LogP contribution in [0.4, 0.5) is 0 Å². The number of fused-ring (bicyclic) bond motifs is 2. The molecule has 1 aromatic heterocycles. The second kappa shape index (κ2) is 10.2. The van der Waals surface area contributed by atoms with Crippen molar-refractivity contribution in [2.45, 2.75) is 55.1 Å². The van der Waals surface area contributed by atoms with Crippen LogP contribution in [0.2, 0.25) is 0 Å². The van der Waals surface area contributed by atoms with Crippen LogP contribution >= 0.6 is 0 Å². The lowest BCUT2D eigenvalue weighted by Gasteiger charge is -2.50. The van der Waals surface area contributed by atoms with Gasteiger partial charge in [0.05, 0.1) is 10.6 Å². The molecule has 2 unspecified atom stereocenters. The lowest BCUT2D eigenvalue weighted by molar-refractivity contribution is -0.0537. The van der Waals surface area contributed by atoms with Crippen molar-refractivity contribution < 1.29 is 13.5 Å². The van der Waals surface area contributed by atoms with E-state index in [4.69, 9.17) is 4.98 Å². The van der Waals surface area contributed by atoms with Crippen LogP contribution in [0.5, 0.6) is 0 Å². The third-order valence-electron chi connectivity index (χ3n) is 7.59. The Morgan fingerprint density at radius 1 is 1.11 bits per heavy atom. The van der Waals surface area contributed by atoms with Crippen LogP contribution in [-0.4, -0.2) is 42.4 Å². The number of nitrogens with one attached hydrogen (secondary N) is 1. The predicted molar refractivity (Wildman–Crippen MR) is 141 cm³/mol. The molecule has 2 saturated heterocycles. The average Bonchev–Trinajstić information content (AvgIpc) is 2.87. The molecule has 36 heavy (non-hydrogen) atoms. The zero-order valence-corrected chi connectivity index (χ0v) is 21.3. The van der Waals surface area contributed by atoms with E-state index >= 15 is 0 Å². The Morgan fingerprint density at radius 2 is 1.81 bits per heavy atom. The number of benzene rings is 2. The highest BCUT2D eigenvalue weighted by atomic mass is 32.2. The number of piperidine rings is 2. The fourth-order valence-electron chi connectivity index (χ4n) is 5.04. The molecule has 0 radical (unpaired) electrons. The van der Waals surface area contributed by atoms with Gasteiger partial charge >= 0.3 is 0 Å². The number of pyridine rings is 1. The maximum absolute atomic E-state index is 12.8. The van der Waals surface area contributed by atoms with Crippen molar-refractivity contribution in [3.05, 3.63) is 95.3 Å². The molecule has 2 atom stereocenters. The first-order valence-corrected chi connectivity index (χ1v) is 14.3. The van der Waals surface area contributed by atoms with Gasteiger partial charge < -0.3 is 10.4 Å². The highest BCUT2D eigenvalue weighted by Gasteiger charge is 2.48. The number of hydrogen-bond donors (Lipinski definition) is 2. The van der Waals surface area contributed by atoms with Crippen molar-refractivity contribution in [1.29, 1.82) is 0 Å². The minimum Gasteiger partial charge on any atom is -0.376 e. The molecule has 2 aliphatic heterocycles. The van der Waals surface area contributed by atoms with Crippen LogP contribution in [0, 0.1) is 17.8 Å². The molecule has 0 amide bonds. The zero-order chi connectivity index (χ0) is 25.2. The Kier molecular flexibility index (Phi) is 6.98. The van der Waals surface area contributed by atoms with Crippen molar-refractivity contribution in [3.8, 4) is 11.8 Å². The van der Waals surface area contributed by atoms with Crippen molar-refractivity contribution in [2.75, 3.05) is 12.3 Å². The molecule has 3 aromatic rings. The first kappa shape index (κ1) is 24.7. The van der Waals surface area contributed by atoms with Gasteiger partial charge in [0, 0.05) is 31.1 Å². The molecular weight excluding hydrogens is 468 g/mol. The van der Waals surface area contributed by atoms with Gasteiger partial charge in [-0.15, -0.1) is 0 Å². The first-order valence-electron chi connectivity index (χ1n) is 12.6. The van der Waals surface area contributed by atoms with Gasteiger partial charge in [-0.05, 0) is 59.9 Å². The molecule has 2 aromatic carbocycles. The molecule has 2 N–H and O–H groups in total. The molecule has 5 nitrogen and oxygen atoms in total. The van der Waals surface area contributed by atoms with Crippen molar-refractivity contribution in [3.63, 3.8) is 0 Å². The standard InChI is InChI=1S/C30H32N2O3S/c1-22(13-15-36(34,35)28-10-6-3-7-11-28)25-17-24(16-23-8-4-2-5-9-23)29(31-20-25)12-14-30(33)21-32-27-18-26(30)19-27/h2-11,17,20,22,26-27,32-33H,13,15-16,18-19,21H2,1H3. The van der Waals surface area contributed by atoms with E-state index in [9.17, 15) is 13.5 Å². The van der Waals surface area contributed by atoms with Crippen LogP contribution in [0.15, 0.2) is 77.8 Å². The predicted octanol–water partition coefficient (Wildman–Crippen LogP) is 4.10. The van der Waals surface area contributed by atoms with E-state index in [1.807, 2.05) is 31.2 Å². The molecular formula is C30H32N2O3S. The highest BCUT2D eigenvalue weighted by molar-refractivity contribution is 7.91. The van der Waals surface area contributed by atoms with E-state index < -0.39 is 15.4 Å². The van der Waals surface area contributed by atoms with E-state index in [0.717, 1.165) is 29.5 Å². The summed E-state index contributed by atoms with van der Waals surface area (Å²) in [7, 11) is -3.34. The summed E-state index contributed by atoms with van der Waals surface area (Å²) >= 11 is 0. The topological polar surface area (TPSA) is 79.3 Å². The first-order chi connectivity index (χ1) is 17.3. The smallest absolute Gasteiger partial charge is 0.178 e. The molecule has 186 valence electrons. The van der Waals surface area contributed by atoms with Gasteiger partial charge in [0.25, 0.3) is 0 Å². The van der Waals surface area contributed by atoms with Crippen molar-refractivity contribution in [1.82, 2.24) is 10.3 Å². The van der Waals surface area contributed by atoms with Gasteiger partial charge in [0.15, 0.2) is 9.84 Å². The third kappa shape index (κ3) is 5.39. The van der Waals surface area contributed by atoms with Crippen molar-refractivity contribution in [2.24, 2.45) is 5.92 Å². The number of sulfone groups is 1. The fraction of sp³-hybridized carbons (Fsp3) is 0.367.